The van der Waals surface area contributed by atoms with Gasteiger partial charge in [0, 0.05) is 24.9 Å². The third kappa shape index (κ3) is 2.89. The van der Waals surface area contributed by atoms with Crippen molar-refractivity contribution in [3.05, 3.63) is 27.8 Å². The van der Waals surface area contributed by atoms with E-state index in [4.69, 9.17) is 4.52 Å². The molecule has 0 aromatic carbocycles. The van der Waals surface area contributed by atoms with Crippen molar-refractivity contribution < 1.29 is 9.63 Å². The second-order valence-corrected chi connectivity index (χ2v) is 6.25. The Labute approximate surface area is 121 Å². The van der Waals surface area contributed by atoms with Crippen molar-refractivity contribution in [2.75, 3.05) is 13.1 Å². The normalized spacial score (nSPS) is 23.6. The maximum absolute atomic E-state index is 9.89. The van der Waals surface area contributed by atoms with Gasteiger partial charge in [0.15, 0.2) is 5.82 Å². The number of aromatic nitrogens is 3. The molecule has 1 N–H and O–H groups in total. The van der Waals surface area contributed by atoms with Gasteiger partial charge in [-0.05, 0) is 20.3 Å². The van der Waals surface area contributed by atoms with E-state index in [2.05, 4.69) is 25.4 Å². The SMILES string of the molecule is Cc1noc([C@H]2C[C@@H](O)CN2CCc2csc(C)n2)n1. The Bertz CT molecular complexity index is 582. The van der Waals surface area contributed by atoms with Crippen LogP contribution in [-0.4, -0.2) is 44.3 Å². The summed E-state index contributed by atoms with van der Waals surface area (Å²) in [5.74, 6) is 1.24. The third-order valence-corrected chi connectivity index (χ3v) is 4.35. The van der Waals surface area contributed by atoms with Crippen molar-refractivity contribution in [3.63, 3.8) is 0 Å². The second kappa shape index (κ2) is 5.59. The van der Waals surface area contributed by atoms with E-state index in [0.29, 0.717) is 24.7 Å². The van der Waals surface area contributed by atoms with Crippen LogP contribution in [0.5, 0.6) is 0 Å². The molecule has 0 radical (unpaired) electrons. The van der Waals surface area contributed by atoms with Crippen molar-refractivity contribution in [2.24, 2.45) is 0 Å². The Hall–Kier alpha value is -1.31. The average Bonchev–Trinajstić information content (AvgIpc) is 3.08. The van der Waals surface area contributed by atoms with E-state index >= 15 is 0 Å². The summed E-state index contributed by atoms with van der Waals surface area (Å²) in [6.45, 7) is 5.31. The first-order valence-electron chi connectivity index (χ1n) is 6.75. The molecule has 2 atom stereocenters. The van der Waals surface area contributed by atoms with E-state index in [1.54, 1.807) is 18.3 Å². The molecule has 7 heteroatoms. The van der Waals surface area contributed by atoms with Gasteiger partial charge in [-0.1, -0.05) is 5.16 Å². The zero-order chi connectivity index (χ0) is 14.1. The van der Waals surface area contributed by atoms with Gasteiger partial charge in [-0.25, -0.2) is 4.98 Å². The summed E-state index contributed by atoms with van der Waals surface area (Å²) >= 11 is 1.67. The summed E-state index contributed by atoms with van der Waals surface area (Å²) in [5.41, 5.74) is 1.11. The molecule has 1 aliphatic heterocycles. The first kappa shape index (κ1) is 13.7. The lowest BCUT2D eigenvalue weighted by atomic mass is 10.2. The highest BCUT2D eigenvalue weighted by Crippen LogP contribution is 2.31. The highest BCUT2D eigenvalue weighted by atomic mass is 32.1. The summed E-state index contributed by atoms with van der Waals surface area (Å²) in [6.07, 6.45) is 1.20. The van der Waals surface area contributed by atoms with Crippen LogP contribution in [0.2, 0.25) is 0 Å². The summed E-state index contributed by atoms with van der Waals surface area (Å²) in [4.78, 5) is 11.0. The lowest BCUT2D eigenvalue weighted by Crippen LogP contribution is -2.27. The highest BCUT2D eigenvalue weighted by molar-refractivity contribution is 7.09. The predicted octanol–water partition coefficient (Wildman–Crippen LogP) is 1.49. The minimum absolute atomic E-state index is 0.0194. The van der Waals surface area contributed by atoms with Crippen molar-refractivity contribution in [1.82, 2.24) is 20.0 Å². The average molecular weight is 294 g/mol. The molecule has 0 unspecified atom stereocenters. The van der Waals surface area contributed by atoms with Crippen LogP contribution < -0.4 is 0 Å². The van der Waals surface area contributed by atoms with Gasteiger partial charge in [0.25, 0.3) is 0 Å². The van der Waals surface area contributed by atoms with Crippen molar-refractivity contribution >= 4 is 11.3 Å². The maximum atomic E-state index is 9.89. The largest absolute Gasteiger partial charge is 0.392 e. The van der Waals surface area contributed by atoms with Crippen LogP contribution in [0.15, 0.2) is 9.90 Å². The smallest absolute Gasteiger partial charge is 0.244 e. The summed E-state index contributed by atoms with van der Waals surface area (Å²) in [6, 6.07) is 0.0194. The fraction of sp³-hybridized carbons (Fsp3) is 0.615. The van der Waals surface area contributed by atoms with Crippen LogP contribution >= 0.6 is 11.3 Å². The summed E-state index contributed by atoms with van der Waals surface area (Å²) in [7, 11) is 0. The number of aliphatic hydroxyl groups excluding tert-OH is 1. The highest BCUT2D eigenvalue weighted by Gasteiger charge is 2.35. The quantitative estimate of drug-likeness (QED) is 0.921. The Kier molecular flexibility index (Phi) is 3.82. The molecule has 20 heavy (non-hydrogen) atoms. The van der Waals surface area contributed by atoms with Gasteiger partial charge in [0.1, 0.15) is 0 Å². The first-order valence-corrected chi connectivity index (χ1v) is 7.63. The number of hydrogen-bond acceptors (Lipinski definition) is 7. The molecule has 1 fully saturated rings. The van der Waals surface area contributed by atoms with Gasteiger partial charge in [-0.3, -0.25) is 4.90 Å². The standard InChI is InChI=1S/C13H18N4O2S/c1-8-14-13(19-16-8)12-5-11(18)6-17(12)4-3-10-7-20-9(2)15-10/h7,11-12,18H,3-6H2,1-2H3/t11-,12-/m1/s1. The Morgan fingerprint density at radius 2 is 2.30 bits per heavy atom. The molecule has 2 aromatic rings. The molecule has 2 aromatic heterocycles. The van der Waals surface area contributed by atoms with Crippen LogP contribution in [0.1, 0.15) is 34.9 Å². The van der Waals surface area contributed by atoms with Gasteiger partial charge >= 0.3 is 0 Å². The predicted molar refractivity (Wildman–Crippen MR) is 74.5 cm³/mol. The first-order chi connectivity index (χ1) is 9.61. The Morgan fingerprint density at radius 1 is 1.45 bits per heavy atom. The number of β-amino-alcohol motifs (C(OH)–C–C–N with tert-alkyl or cyclic N) is 1. The molecule has 0 bridgehead atoms. The summed E-state index contributed by atoms with van der Waals surface area (Å²) in [5, 5.41) is 16.9. The molecular weight excluding hydrogens is 276 g/mol. The van der Waals surface area contributed by atoms with Gasteiger partial charge in [0.05, 0.1) is 22.8 Å². The molecule has 108 valence electrons. The summed E-state index contributed by atoms with van der Waals surface area (Å²) < 4.78 is 5.26. The zero-order valence-electron chi connectivity index (χ0n) is 11.6. The fourth-order valence-corrected chi connectivity index (χ4v) is 3.26. The third-order valence-electron chi connectivity index (χ3n) is 3.53. The molecule has 3 rings (SSSR count). The zero-order valence-corrected chi connectivity index (χ0v) is 12.4. The van der Waals surface area contributed by atoms with Crippen LogP contribution in [0.25, 0.3) is 0 Å². The lowest BCUT2D eigenvalue weighted by Gasteiger charge is -2.20. The number of likely N-dealkylation sites (tertiary alicyclic amines) is 1. The number of thiazole rings is 1. The van der Waals surface area contributed by atoms with E-state index in [1.807, 2.05) is 6.92 Å². The molecule has 3 heterocycles. The number of rotatable bonds is 4. The Morgan fingerprint density at radius 3 is 2.95 bits per heavy atom. The van der Waals surface area contributed by atoms with Gasteiger partial charge in [-0.15, -0.1) is 11.3 Å². The van der Waals surface area contributed by atoms with Gasteiger partial charge in [-0.2, -0.15) is 4.98 Å². The van der Waals surface area contributed by atoms with E-state index in [-0.39, 0.29) is 12.1 Å². The number of nitrogens with zero attached hydrogens (tertiary/aromatic N) is 4. The minimum Gasteiger partial charge on any atom is -0.392 e. The molecule has 1 saturated heterocycles. The van der Waals surface area contributed by atoms with E-state index in [0.717, 1.165) is 23.7 Å². The van der Waals surface area contributed by atoms with Crippen LogP contribution in [0.3, 0.4) is 0 Å². The van der Waals surface area contributed by atoms with Crippen LogP contribution in [0, 0.1) is 13.8 Å². The number of aliphatic hydroxyl groups is 1. The lowest BCUT2D eigenvalue weighted by molar-refractivity contribution is 0.173. The topological polar surface area (TPSA) is 75.3 Å². The second-order valence-electron chi connectivity index (χ2n) is 5.19. The Balaban J connectivity index is 1.67. The molecule has 1 aliphatic rings. The number of aryl methyl sites for hydroxylation is 2. The van der Waals surface area contributed by atoms with Crippen LogP contribution in [-0.2, 0) is 6.42 Å². The van der Waals surface area contributed by atoms with Crippen molar-refractivity contribution in [3.8, 4) is 0 Å². The van der Waals surface area contributed by atoms with Gasteiger partial charge < -0.3 is 9.63 Å². The van der Waals surface area contributed by atoms with E-state index in [9.17, 15) is 5.11 Å². The van der Waals surface area contributed by atoms with Crippen molar-refractivity contribution in [1.29, 1.82) is 0 Å². The molecular formula is C13H18N4O2S. The van der Waals surface area contributed by atoms with Gasteiger partial charge in [0.2, 0.25) is 5.89 Å². The minimum atomic E-state index is -0.329. The molecule has 0 aliphatic carbocycles. The van der Waals surface area contributed by atoms with Crippen LogP contribution in [0.4, 0.5) is 0 Å². The molecule has 0 amide bonds. The fourth-order valence-electron chi connectivity index (χ4n) is 2.61. The molecule has 6 nitrogen and oxygen atoms in total. The maximum Gasteiger partial charge on any atom is 0.244 e. The number of hydrogen-bond donors (Lipinski definition) is 1. The van der Waals surface area contributed by atoms with Crippen molar-refractivity contribution in [2.45, 2.75) is 38.8 Å². The molecule has 0 spiro atoms. The molecule has 0 saturated carbocycles. The van der Waals surface area contributed by atoms with E-state index < -0.39 is 0 Å². The monoisotopic (exact) mass is 294 g/mol. The van der Waals surface area contributed by atoms with E-state index in [1.165, 1.54) is 0 Å².